The lowest BCUT2D eigenvalue weighted by Crippen LogP contribution is -2.28. The van der Waals surface area contributed by atoms with E-state index in [-0.39, 0.29) is 24.1 Å². The molecule has 0 aliphatic carbocycles. The molecule has 1 saturated heterocycles. The molecule has 3 rings (SSSR count). The number of carbonyl (C=O) groups excluding carboxylic acids is 3. The SMILES string of the molecule is CC(=O)Nc1cccc(NC(=O)[C@H]2CC(=O)N(Cc3ccccc3Cl)C2)c1. The standard InChI is InChI=1S/C20H20ClN3O3/c1-13(25)22-16-6-4-7-17(10-16)23-20(27)15-9-19(26)24(12-15)11-14-5-2-3-8-18(14)21/h2-8,10,15H,9,11-12H2,1H3,(H,22,25)(H,23,27)/t15-/m0/s1. The van der Waals surface area contributed by atoms with E-state index in [0.717, 1.165) is 5.56 Å². The van der Waals surface area contributed by atoms with Crippen molar-refractivity contribution in [3.8, 4) is 0 Å². The summed E-state index contributed by atoms with van der Waals surface area (Å²) < 4.78 is 0. The van der Waals surface area contributed by atoms with Gasteiger partial charge in [0.1, 0.15) is 0 Å². The summed E-state index contributed by atoms with van der Waals surface area (Å²) in [6.07, 6.45) is 0.168. The fourth-order valence-electron chi connectivity index (χ4n) is 3.06. The zero-order chi connectivity index (χ0) is 19.4. The van der Waals surface area contributed by atoms with Gasteiger partial charge in [-0.05, 0) is 29.8 Å². The Kier molecular flexibility index (Phi) is 5.76. The van der Waals surface area contributed by atoms with E-state index in [0.29, 0.717) is 29.5 Å². The number of nitrogens with one attached hydrogen (secondary N) is 2. The number of amides is 3. The third kappa shape index (κ3) is 4.86. The first-order chi connectivity index (χ1) is 12.9. The van der Waals surface area contributed by atoms with Gasteiger partial charge in [-0.25, -0.2) is 0 Å². The highest BCUT2D eigenvalue weighted by Gasteiger charge is 2.34. The monoisotopic (exact) mass is 385 g/mol. The second-order valence-electron chi connectivity index (χ2n) is 6.52. The Labute approximate surface area is 162 Å². The van der Waals surface area contributed by atoms with Gasteiger partial charge in [0, 0.05) is 42.8 Å². The van der Waals surface area contributed by atoms with Gasteiger partial charge in [-0.2, -0.15) is 0 Å². The average molecular weight is 386 g/mol. The molecular formula is C20H20ClN3O3. The van der Waals surface area contributed by atoms with E-state index in [9.17, 15) is 14.4 Å². The van der Waals surface area contributed by atoms with E-state index in [1.807, 2.05) is 18.2 Å². The van der Waals surface area contributed by atoms with E-state index >= 15 is 0 Å². The molecule has 2 aromatic rings. The smallest absolute Gasteiger partial charge is 0.229 e. The van der Waals surface area contributed by atoms with Crippen molar-refractivity contribution in [3.05, 3.63) is 59.1 Å². The lowest BCUT2D eigenvalue weighted by atomic mass is 10.1. The summed E-state index contributed by atoms with van der Waals surface area (Å²) >= 11 is 6.16. The van der Waals surface area contributed by atoms with Crippen LogP contribution in [0, 0.1) is 5.92 Å². The number of nitrogens with zero attached hydrogens (tertiary/aromatic N) is 1. The van der Waals surface area contributed by atoms with Crippen molar-refractivity contribution in [2.75, 3.05) is 17.2 Å². The minimum atomic E-state index is -0.426. The van der Waals surface area contributed by atoms with Crippen LogP contribution >= 0.6 is 11.6 Å². The molecule has 1 aliphatic rings. The van der Waals surface area contributed by atoms with Gasteiger partial charge in [-0.15, -0.1) is 0 Å². The topological polar surface area (TPSA) is 78.5 Å². The molecule has 3 amide bonds. The van der Waals surface area contributed by atoms with Gasteiger partial charge in [-0.1, -0.05) is 35.9 Å². The average Bonchev–Trinajstić information content (AvgIpc) is 2.97. The van der Waals surface area contributed by atoms with Gasteiger partial charge >= 0.3 is 0 Å². The van der Waals surface area contributed by atoms with Crippen molar-refractivity contribution in [2.24, 2.45) is 5.92 Å². The van der Waals surface area contributed by atoms with Crippen molar-refractivity contribution in [3.63, 3.8) is 0 Å². The van der Waals surface area contributed by atoms with Crippen LogP contribution < -0.4 is 10.6 Å². The minimum absolute atomic E-state index is 0.0675. The van der Waals surface area contributed by atoms with Crippen molar-refractivity contribution in [1.29, 1.82) is 0 Å². The Hall–Kier alpha value is -2.86. The Morgan fingerprint density at radius 2 is 1.81 bits per heavy atom. The molecule has 2 N–H and O–H groups in total. The highest BCUT2D eigenvalue weighted by Crippen LogP contribution is 2.25. The molecule has 140 valence electrons. The van der Waals surface area contributed by atoms with Crippen LogP contribution in [0.25, 0.3) is 0 Å². The molecule has 0 spiro atoms. The molecule has 0 radical (unpaired) electrons. The minimum Gasteiger partial charge on any atom is -0.337 e. The fourth-order valence-corrected chi connectivity index (χ4v) is 3.25. The van der Waals surface area contributed by atoms with E-state index in [1.54, 1.807) is 35.2 Å². The molecule has 0 unspecified atom stereocenters. The highest BCUT2D eigenvalue weighted by molar-refractivity contribution is 6.31. The normalized spacial score (nSPS) is 16.3. The summed E-state index contributed by atoms with van der Waals surface area (Å²) in [5.74, 6) is -0.897. The van der Waals surface area contributed by atoms with Crippen molar-refractivity contribution in [1.82, 2.24) is 4.90 Å². The molecule has 0 bridgehead atoms. The van der Waals surface area contributed by atoms with E-state index in [4.69, 9.17) is 11.6 Å². The van der Waals surface area contributed by atoms with Gasteiger partial charge in [-0.3, -0.25) is 14.4 Å². The van der Waals surface area contributed by atoms with Crippen molar-refractivity contribution < 1.29 is 14.4 Å². The molecule has 7 heteroatoms. The maximum Gasteiger partial charge on any atom is 0.229 e. The molecule has 2 aromatic carbocycles. The number of halogens is 1. The number of carbonyl (C=O) groups is 3. The quantitative estimate of drug-likeness (QED) is 0.829. The lowest BCUT2D eigenvalue weighted by Gasteiger charge is -2.17. The van der Waals surface area contributed by atoms with Crippen LogP contribution in [-0.2, 0) is 20.9 Å². The number of rotatable bonds is 5. The molecule has 1 atom stereocenters. The number of hydrogen-bond donors (Lipinski definition) is 2. The number of anilines is 2. The Balaban J connectivity index is 1.62. The van der Waals surface area contributed by atoms with E-state index < -0.39 is 5.92 Å². The predicted molar refractivity (Wildman–Crippen MR) is 104 cm³/mol. The highest BCUT2D eigenvalue weighted by atomic mass is 35.5. The Morgan fingerprint density at radius 1 is 1.11 bits per heavy atom. The lowest BCUT2D eigenvalue weighted by molar-refractivity contribution is -0.128. The summed E-state index contributed by atoms with van der Waals surface area (Å²) in [5, 5.41) is 6.09. The van der Waals surface area contributed by atoms with Crippen molar-refractivity contribution >= 4 is 40.7 Å². The summed E-state index contributed by atoms with van der Waals surface area (Å²) in [5.41, 5.74) is 2.03. The molecule has 27 heavy (non-hydrogen) atoms. The summed E-state index contributed by atoms with van der Waals surface area (Å²) in [6.45, 7) is 2.16. The van der Waals surface area contributed by atoms with Gasteiger partial charge in [0.15, 0.2) is 0 Å². The fraction of sp³-hybridized carbons (Fsp3) is 0.250. The first-order valence-corrected chi connectivity index (χ1v) is 9.00. The van der Waals surface area contributed by atoms with Gasteiger partial charge < -0.3 is 15.5 Å². The molecule has 0 aromatic heterocycles. The second-order valence-corrected chi connectivity index (χ2v) is 6.93. The Bertz CT molecular complexity index is 884. The predicted octanol–water partition coefficient (Wildman–Crippen LogP) is 3.29. The van der Waals surface area contributed by atoms with Crippen LogP contribution in [-0.4, -0.2) is 29.2 Å². The third-order valence-corrected chi connectivity index (χ3v) is 4.72. The molecular weight excluding hydrogens is 366 g/mol. The second kappa shape index (κ2) is 8.22. The van der Waals surface area contributed by atoms with E-state index in [2.05, 4.69) is 10.6 Å². The van der Waals surface area contributed by atoms with Crippen molar-refractivity contribution in [2.45, 2.75) is 19.9 Å². The summed E-state index contributed by atoms with van der Waals surface area (Å²) in [7, 11) is 0. The number of hydrogen-bond acceptors (Lipinski definition) is 3. The van der Waals surface area contributed by atoms with Gasteiger partial charge in [0.25, 0.3) is 0 Å². The van der Waals surface area contributed by atoms with E-state index in [1.165, 1.54) is 6.92 Å². The van der Waals surface area contributed by atoms with Crippen LogP contribution in [0.2, 0.25) is 5.02 Å². The molecule has 0 saturated carbocycles. The molecule has 1 heterocycles. The molecule has 1 aliphatic heterocycles. The van der Waals surface area contributed by atoms with Crippen LogP contribution in [0.1, 0.15) is 18.9 Å². The summed E-state index contributed by atoms with van der Waals surface area (Å²) in [4.78, 5) is 37.6. The van der Waals surface area contributed by atoms with Gasteiger partial charge in [0.05, 0.1) is 5.92 Å². The zero-order valence-electron chi connectivity index (χ0n) is 14.9. The van der Waals surface area contributed by atoms with Crippen LogP contribution in [0.15, 0.2) is 48.5 Å². The number of likely N-dealkylation sites (tertiary alicyclic amines) is 1. The van der Waals surface area contributed by atoms with Crippen LogP contribution in [0.5, 0.6) is 0 Å². The molecule has 6 nitrogen and oxygen atoms in total. The Morgan fingerprint density at radius 3 is 2.52 bits per heavy atom. The third-order valence-electron chi connectivity index (χ3n) is 4.35. The summed E-state index contributed by atoms with van der Waals surface area (Å²) in [6, 6.07) is 14.3. The largest absolute Gasteiger partial charge is 0.337 e. The molecule has 1 fully saturated rings. The van der Waals surface area contributed by atoms with Crippen LogP contribution in [0.3, 0.4) is 0 Å². The number of benzene rings is 2. The maximum atomic E-state index is 12.6. The maximum absolute atomic E-state index is 12.6. The first kappa shape index (κ1) is 18.9. The first-order valence-electron chi connectivity index (χ1n) is 8.62. The van der Waals surface area contributed by atoms with Gasteiger partial charge in [0.2, 0.25) is 17.7 Å². The zero-order valence-corrected chi connectivity index (χ0v) is 15.6. The van der Waals surface area contributed by atoms with Crippen LogP contribution in [0.4, 0.5) is 11.4 Å².